The first kappa shape index (κ1) is 17.2. The van der Waals surface area contributed by atoms with Gasteiger partial charge in [-0.2, -0.15) is 5.10 Å². The Labute approximate surface area is 154 Å². The molecule has 1 aliphatic rings. The van der Waals surface area contributed by atoms with Crippen LogP contribution in [0.25, 0.3) is 16.6 Å². The monoisotopic (exact) mass is 374 g/mol. The number of halogens is 3. The van der Waals surface area contributed by atoms with Crippen LogP contribution in [0, 0.1) is 17.6 Å². The number of hydrogen-bond acceptors (Lipinski definition) is 2. The van der Waals surface area contributed by atoms with Crippen LogP contribution in [0.15, 0.2) is 36.4 Å². The largest absolute Gasteiger partial charge is 0.292 e. The lowest BCUT2D eigenvalue weighted by molar-refractivity contribution is 0.0883. The predicted molar refractivity (Wildman–Crippen MR) is 96.9 cm³/mol. The normalized spacial score (nSPS) is 15.5. The first-order chi connectivity index (χ1) is 12.5. The standard InChI is InChI=1S/C20H17ClF2N2O/c21-13-6-8-14(9-7-13)25-19(20(26)12-4-2-1-3-5-12)15-10-16(22)17(23)11-18(15)24-25/h6-12H,1-5H2. The summed E-state index contributed by atoms with van der Waals surface area (Å²) in [6.07, 6.45) is 4.77. The van der Waals surface area contributed by atoms with E-state index >= 15 is 0 Å². The summed E-state index contributed by atoms with van der Waals surface area (Å²) in [6, 6.07) is 8.96. The van der Waals surface area contributed by atoms with Gasteiger partial charge in [0.25, 0.3) is 0 Å². The second-order valence-corrected chi connectivity index (χ2v) is 7.16. The summed E-state index contributed by atoms with van der Waals surface area (Å²) in [5, 5.41) is 5.28. The van der Waals surface area contributed by atoms with E-state index in [9.17, 15) is 13.6 Å². The van der Waals surface area contributed by atoms with Gasteiger partial charge in [-0.15, -0.1) is 0 Å². The van der Waals surface area contributed by atoms with Crippen molar-refractivity contribution in [3.8, 4) is 5.69 Å². The maximum atomic E-state index is 13.9. The first-order valence-corrected chi connectivity index (χ1v) is 9.10. The second-order valence-electron chi connectivity index (χ2n) is 6.72. The molecule has 0 atom stereocenters. The number of Topliss-reactive ketones (excluding diaryl/α,β-unsaturated/α-hetero) is 1. The zero-order valence-electron chi connectivity index (χ0n) is 14.0. The minimum atomic E-state index is -0.981. The fourth-order valence-corrected chi connectivity index (χ4v) is 3.77. The summed E-state index contributed by atoms with van der Waals surface area (Å²) in [5.74, 6) is -2.13. The zero-order valence-corrected chi connectivity index (χ0v) is 14.8. The Bertz CT molecular complexity index is 976. The minimum Gasteiger partial charge on any atom is -0.292 e. The van der Waals surface area contributed by atoms with E-state index in [-0.39, 0.29) is 17.2 Å². The molecule has 1 aromatic heterocycles. The van der Waals surface area contributed by atoms with Crippen LogP contribution in [-0.2, 0) is 0 Å². The number of nitrogens with zero attached hydrogens (tertiary/aromatic N) is 2. The summed E-state index contributed by atoms with van der Waals surface area (Å²) in [7, 11) is 0. The van der Waals surface area contributed by atoms with Gasteiger partial charge in [0.15, 0.2) is 17.4 Å². The molecule has 3 nitrogen and oxygen atoms in total. The van der Waals surface area contributed by atoms with Gasteiger partial charge in [0.2, 0.25) is 0 Å². The molecular formula is C20H17ClF2N2O. The van der Waals surface area contributed by atoms with Crippen molar-refractivity contribution in [1.82, 2.24) is 9.78 Å². The highest BCUT2D eigenvalue weighted by atomic mass is 35.5. The molecule has 3 aromatic rings. The van der Waals surface area contributed by atoms with Gasteiger partial charge >= 0.3 is 0 Å². The molecule has 0 amide bonds. The Kier molecular flexibility index (Phi) is 4.49. The fraction of sp³-hybridized carbons (Fsp3) is 0.300. The van der Waals surface area contributed by atoms with Crippen LogP contribution in [0.1, 0.15) is 42.6 Å². The Morgan fingerprint density at radius 1 is 1.04 bits per heavy atom. The van der Waals surface area contributed by atoms with E-state index in [1.165, 1.54) is 4.68 Å². The van der Waals surface area contributed by atoms with Crippen molar-refractivity contribution in [2.45, 2.75) is 32.1 Å². The average Bonchev–Trinajstić information content (AvgIpc) is 3.01. The highest BCUT2D eigenvalue weighted by Gasteiger charge is 2.28. The molecule has 1 heterocycles. The molecule has 1 aliphatic carbocycles. The van der Waals surface area contributed by atoms with Gasteiger partial charge in [-0.25, -0.2) is 13.5 Å². The molecule has 4 rings (SSSR count). The van der Waals surface area contributed by atoms with Gasteiger partial charge in [0, 0.05) is 22.4 Å². The van der Waals surface area contributed by atoms with Crippen molar-refractivity contribution in [3.63, 3.8) is 0 Å². The van der Waals surface area contributed by atoms with Crippen LogP contribution in [0.5, 0.6) is 0 Å². The molecule has 0 spiro atoms. The molecule has 0 saturated heterocycles. The molecule has 2 aromatic carbocycles. The number of ketones is 1. The molecule has 0 aliphatic heterocycles. The highest BCUT2D eigenvalue weighted by Crippen LogP contribution is 2.32. The van der Waals surface area contributed by atoms with Crippen molar-refractivity contribution in [3.05, 3.63) is 58.7 Å². The zero-order chi connectivity index (χ0) is 18.3. The van der Waals surface area contributed by atoms with E-state index in [1.807, 2.05) is 0 Å². The van der Waals surface area contributed by atoms with Crippen molar-refractivity contribution in [2.24, 2.45) is 5.92 Å². The van der Waals surface area contributed by atoms with E-state index in [0.717, 1.165) is 44.2 Å². The van der Waals surface area contributed by atoms with Crippen LogP contribution in [0.2, 0.25) is 5.02 Å². The van der Waals surface area contributed by atoms with Gasteiger partial charge in [-0.1, -0.05) is 30.9 Å². The Morgan fingerprint density at radius 2 is 1.69 bits per heavy atom. The van der Waals surface area contributed by atoms with E-state index in [2.05, 4.69) is 5.10 Å². The molecule has 0 radical (unpaired) electrons. The molecule has 0 N–H and O–H groups in total. The summed E-state index contributed by atoms with van der Waals surface area (Å²) in [6.45, 7) is 0. The molecule has 134 valence electrons. The van der Waals surface area contributed by atoms with Gasteiger partial charge < -0.3 is 0 Å². The van der Waals surface area contributed by atoms with Crippen molar-refractivity contribution >= 4 is 28.3 Å². The Hall–Kier alpha value is -2.27. The van der Waals surface area contributed by atoms with Crippen molar-refractivity contribution < 1.29 is 13.6 Å². The third-order valence-electron chi connectivity index (χ3n) is 4.99. The number of fused-ring (bicyclic) bond motifs is 1. The molecular weight excluding hydrogens is 358 g/mol. The predicted octanol–water partition coefficient (Wildman–Crippen LogP) is 5.72. The molecule has 0 bridgehead atoms. The molecule has 0 unspecified atom stereocenters. The smallest absolute Gasteiger partial charge is 0.185 e. The van der Waals surface area contributed by atoms with Crippen LogP contribution in [0.3, 0.4) is 0 Å². The Morgan fingerprint density at radius 3 is 2.38 bits per heavy atom. The van der Waals surface area contributed by atoms with Crippen LogP contribution < -0.4 is 0 Å². The second kappa shape index (κ2) is 6.80. The lowest BCUT2D eigenvalue weighted by Gasteiger charge is -2.20. The lowest BCUT2D eigenvalue weighted by atomic mass is 9.84. The van der Waals surface area contributed by atoms with Gasteiger partial charge in [-0.05, 0) is 43.2 Å². The van der Waals surface area contributed by atoms with Crippen molar-refractivity contribution in [1.29, 1.82) is 0 Å². The van der Waals surface area contributed by atoms with Crippen LogP contribution in [0.4, 0.5) is 8.78 Å². The molecule has 26 heavy (non-hydrogen) atoms. The number of carbonyl (C=O) groups is 1. The molecule has 1 fully saturated rings. The van der Waals surface area contributed by atoms with Crippen LogP contribution in [-0.4, -0.2) is 15.6 Å². The van der Waals surface area contributed by atoms with Gasteiger partial charge in [0.05, 0.1) is 11.2 Å². The summed E-state index contributed by atoms with van der Waals surface area (Å²) >= 11 is 5.95. The summed E-state index contributed by atoms with van der Waals surface area (Å²) in [4.78, 5) is 13.2. The maximum Gasteiger partial charge on any atom is 0.185 e. The number of benzene rings is 2. The SMILES string of the molecule is O=C(c1c2cc(F)c(F)cc2nn1-c1ccc(Cl)cc1)C1CCCCC1. The number of carbonyl (C=O) groups excluding carboxylic acids is 1. The summed E-state index contributed by atoms with van der Waals surface area (Å²) < 4.78 is 29.0. The lowest BCUT2D eigenvalue weighted by Crippen LogP contribution is -2.21. The third-order valence-corrected chi connectivity index (χ3v) is 5.25. The topological polar surface area (TPSA) is 34.9 Å². The number of rotatable bonds is 3. The third kappa shape index (κ3) is 3.01. The van der Waals surface area contributed by atoms with Gasteiger partial charge in [-0.3, -0.25) is 4.79 Å². The Balaban J connectivity index is 1.91. The minimum absolute atomic E-state index is 0.0619. The van der Waals surface area contributed by atoms with Crippen molar-refractivity contribution in [2.75, 3.05) is 0 Å². The quantitative estimate of drug-likeness (QED) is 0.549. The van der Waals surface area contributed by atoms with Gasteiger partial charge in [0.1, 0.15) is 5.69 Å². The number of hydrogen-bond donors (Lipinski definition) is 0. The molecule has 1 saturated carbocycles. The van der Waals surface area contributed by atoms with E-state index in [0.29, 0.717) is 21.8 Å². The fourth-order valence-electron chi connectivity index (χ4n) is 3.64. The molecule has 6 heteroatoms. The highest BCUT2D eigenvalue weighted by molar-refractivity contribution is 6.30. The summed E-state index contributed by atoms with van der Waals surface area (Å²) in [5.41, 5.74) is 1.21. The number of aromatic nitrogens is 2. The van der Waals surface area contributed by atoms with Crippen LogP contribution >= 0.6 is 11.6 Å². The van der Waals surface area contributed by atoms with E-state index in [4.69, 9.17) is 11.6 Å². The van der Waals surface area contributed by atoms with E-state index in [1.54, 1.807) is 24.3 Å². The average molecular weight is 375 g/mol. The maximum absolute atomic E-state index is 13.9. The van der Waals surface area contributed by atoms with E-state index < -0.39 is 11.6 Å². The first-order valence-electron chi connectivity index (χ1n) is 8.72.